The van der Waals surface area contributed by atoms with Gasteiger partial charge >= 0.3 is 0 Å². The molecule has 2 fully saturated rings. The fourth-order valence-electron chi connectivity index (χ4n) is 3.89. The van der Waals surface area contributed by atoms with Crippen LogP contribution in [0.2, 0.25) is 0 Å². The van der Waals surface area contributed by atoms with Crippen molar-refractivity contribution in [3.05, 3.63) is 28.8 Å². The van der Waals surface area contributed by atoms with E-state index in [0.29, 0.717) is 11.8 Å². The van der Waals surface area contributed by atoms with Crippen LogP contribution in [0.5, 0.6) is 5.75 Å². The Morgan fingerprint density at radius 2 is 1.86 bits per heavy atom. The molecule has 0 spiro atoms. The monoisotopic (exact) mass is 286 g/mol. The van der Waals surface area contributed by atoms with Crippen LogP contribution in [0.4, 0.5) is 0 Å². The van der Waals surface area contributed by atoms with E-state index < -0.39 is 0 Å². The topological polar surface area (TPSA) is 41.6 Å². The van der Waals surface area contributed by atoms with Crippen molar-refractivity contribution in [3.8, 4) is 5.75 Å². The van der Waals surface area contributed by atoms with Gasteiger partial charge in [0.25, 0.3) is 5.91 Å². The summed E-state index contributed by atoms with van der Waals surface area (Å²) >= 11 is 0. The summed E-state index contributed by atoms with van der Waals surface area (Å²) in [4.78, 5) is 14.7. The first-order chi connectivity index (χ1) is 10.1. The Morgan fingerprint density at radius 1 is 1.19 bits per heavy atom. The third-order valence-electron chi connectivity index (χ3n) is 5.33. The maximum Gasteiger partial charge on any atom is 0.264 e. The molecule has 4 heteroatoms. The maximum atomic E-state index is 12.7. The van der Waals surface area contributed by atoms with Crippen molar-refractivity contribution in [3.63, 3.8) is 0 Å². The van der Waals surface area contributed by atoms with Crippen molar-refractivity contribution in [2.24, 2.45) is 11.8 Å². The molecule has 1 aromatic rings. The first kappa shape index (κ1) is 13.1. The lowest BCUT2D eigenvalue weighted by molar-refractivity contribution is -0.137. The number of nitrogens with one attached hydrogen (secondary N) is 1. The number of hydrogen-bond acceptors (Lipinski definition) is 3. The molecule has 0 aliphatic carbocycles. The van der Waals surface area contributed by atoms with Gasteiger partial charge in [-0.2, -0.15) is 0 Å². The molecule has 0 bridgehead atoms. The van der Waals surface area contributed by atoms with E-state index in [1.54, 1.807) is 0 Å². The summed E-state index contributed by atoms with van der Waals surface area (Å²) in [5.74, 6) is 2.36. The van der Waals surface area contributed by atoms with E-state index in [-0.39, 0.29) is 12.0 Å². The molecular weight excluding hydrogens is 264 g/mol. The highest BCUT2D eigenvalue weighted by atomic mass is 16.5. The summed E-state index contributed by atoms with van der Waals surface area (Å²) in [5, 5.41) is 3.41. The number of benzene rings is 1. The molecule has 3 aliphatic heterocycles. The van der Waals surface area contributed by atoms with Gasteiger partial charge < -0.3 is 15.0 Å². The van der Waals surface area contributed by atoms with Gasteiger partial charge in [-0.15, -0.1) is 0 Å². The molecule has 3 aliphatic rings. The summed E-state index contributed by atoms with van der Waals surface area (Å²) in [6, 6.07) is 4.24. The minimum absolute atomic E-state index is 0.177. The molecule has 4 nitrogen and oxygen atoms in total. The quantitative estimate of drug-likeness (QED) is 0.846. The van der Waals surface area contributed by atoms with Crippen LogP contribution < -0.4 is 10.1 Å². The maximum absolute atomic E-state index is 12.7. The Labute approximate surface area is 125 Å². The molecule has 3 atom stereocenters. The largest absolute Gasteiger partial charge is 0.480 e. The summed E-state index contributed by atoms with van der Waals surface area (Å²) in [7, 11) is 0. The van der Waals surface area contributed by atoms with E-state index in [9.17, 15) is 4.79 Å². The number of amides is 1. The standard InChI is InChI=1S/C17H22N2O2/c1-10-3-12-5-16(21-15(12)4-11(10)2)17(20)19-8-13-6-18-7-14(13)9-19/h3-4,13-14,16,18H,5-9H2,1-2H3/t13-,14+,16?. The number of carbonyl (C=O) groups excluding carboxylic acids is 1. The lowest BCUT2D eigenvalue weighted by Gasteiger charge is -2.21. The Morgan fingerprint density at radius 3 is 2.57 bits per heavy atom. The fourth-order valence-corrected chi connectivity index (χ4v) is 3.89. The van der Waals surface area contributed by atoms with Crippen molar-refractivity contribution in [2.45, 2.75) is 26.4 Å². The van der Waals surface area contributed by atoms with Gasteiger partial charge in [0.15, 0.2) is 6.10 Å². The number of hydrogen-bond donors (Lipinski definition) is 1. The van der Waals surface area contributed by atoms with Gasteiger partial charge in [0.2, 0.25) is 0 Å². The lowest BCUT2D eigenvalue weighted by atomic mass is 10.0. The van der Waals surface area contributed by atoms with Crippen LogP contribution in [0.3, 0.4) is 0 Å². The van der Waals surface area contributed by atoms with E-state index in [0.717, 1.165) is 38.3 Å². The zero-order valence-corrected chi connectivity index (χ0v) is 12.7. The van der Waals surface area contributed by atoms with Crippen LogP contribution in [0, 0.1) is 25.7 Å². The second-order valence-corrected chi connectivity index (χ2v) is 6.78. The number of nitrogens with zero attached hydrogens (tertiary/aromatic N) is 1. The van der Waals surface area contributed by atoms with Crippen molar-refractivity contribution >= 4 is 5.91 Å². The van der Waals surface area contributed by atoms with Crippen LogP contribution in [0.25, 0.3) is 0 Å². The third-order valence-corrected chi connectivity index (χ3v) is 5.33. The van der Waals surface area contributed by atoms with Gasteiger partial charge in [0.1, 0.15) is 5.75 Å². The fraction of sp³-hybridized carbons (Fsp3) is 0.588. The first-order valence-corrected chi connectivity index (χ1v) is 7.88. The van der Waals surface area contributed by atoms with Gasteiger partial charge in [-0.3, -0.25) is 4.79 Å². The molecular formula is C17H22N2O2. The number of carbonyl (C=O) groups is 1. The molecule has 1 unspecified atom stereocenters. The van der Waals surface area contributed by atoms with E-state index in [2.05, 4.69) is 31.3 Å². The highest BCUT2D eigenvalue weighted by molar-refractivity contribution is 5.83. The summed E-state index contributed by atoms with van der Waals surface area (Å²) in [6.45, 7) is 8.09. The molecule has 1 aromatic carbocycles. The summed E-state index contributed by atoms with van der Waals surface area (Å²) in [5.41, 5.74) is 3.67. The van der Waals surface area contributed by atoms with Gasteiger partial charge in [-0.25, -0.2) is 0 Å². The SMILES string of the molecule is Cc1cc2c(cc1C)OC(C(=O)N1C[C@H]3CNC[C@H]3C1)C2. The number of likely N-dealkylation sites (tertiary alicyclic amines) is 1. The molecule has 3 heterocycles. The Hall–Kier alpha value is -1.55. The number of aryl methyl sites for hydroxylation is 2. The van der Waals surface area contributed by atoms with E-state index in [1.807, 2.05) is 4.90 Å². The molecule has 1 N–H and O–H groups in total. The van der Waals surface area contributed by atoms with Gasteiger partial charge in [0, 0.05) is 32.6 Å². The van der Waals surface area contributed by atoms with Crippen LogP contribution in [-0.2, 0) is 11.2 Å². The summed E-state index contributed by atoms with van der Waals surface area (Å²) < 4.78 is 5.93. The van der Waals surface area contributed by atoms with Crippen molar-refractivity contribution < 1.29 is 9.53 Å². The van der Waals surface area contributed by atoms with E-state index in [1.165, 1.54) is 16.7 Å². The zero-order valence-electron chi connectivity index (χ0n) is 12.7. The molecule has 0 aromatic heterocycles. The molecule has 0 radical (unpaired) electrons. The van der Waals surface area contributed by atoms with Crippen LogP contribution in [0.1, 0.15) is 16.7 Å². The van der Waals surface area contributed by atoms with Crippen molar-refractivity contribution in [2.75, 3.05) is 26.2 Å². The number of rotatable bonds is 1. The Kier molecular flexibility index (Phi) is 2.96. The van der Waals surface area contributed by atoms with E-state index in [4.69, 9.17) is 4.74 Å². The molecule has 21 heavy (non-hydrogen) atoms. The minimum Gasteiger partial charge on any atom is -0.480 e. The zero-order chi connectivity index (χ0) is 14.6. The predicted octanol–water partition coefficient (Wildman–Crippen LogP) is 1.28. The van der Waals surface area contributed by atoms with Gasteiger partial charge in [0.05, 0.1) is 0 Å². The molecule has 0 saturated carbocycles. The second-order valence-electron chi connectivity index (χ2n) is 6.78. The average Bonchev–Trinajstić information content (AvgIpc) is 3.11. The second kappa shape index (κ2) is 4.73. The van der Waals surface area contributed by atoms with Crippen molar-refractivity contribution in [1.82, 2.24) is 10.2 Å². The summed E-state index contributed by atoms with van der Waals surface area (Å²) in [6.07, 6.45) is 0.410. The Bertz CT molecular complexity index is 556. The van der Waals surface area contributed by atoms with Gasteiger partial charge in [-0.05, 0) is 48.4 Å². The van der Waals surface area contributed by atoms with Crippen LogP contribution in [-0.4, -0.2) is 43.1 Å². The minimum atomic E-state index is -0.312. The van der Waals surface area contributed by atoms with Crippen LogP contribution in [0.15, 0.2) is 12.1 Å². The highest BCUT2D eigenvalue weighted by Crippen LogP contribution is 2.33. The number of ether oxygens (including phenoxy) is 1. The molecule has 2 saturated heterocycles. The average molecular weight is 286 g/mol. The first-order valence-electron chi connectivity index (χ1n) is 7.88. The Balaban J connectivity index is 1.48. The third kappa shape index (κ3) is 2.13. The molecule has 4 rings (SSSR count). The molecule has 112 valence electrons. The lowest BCUT2D eigenvalue weighted by Crippen LogP contribution is -2.41. The van der Waals surface area contributed by atoms with Gasteiger partial charge in [-0.1, -0.05) is 6.07 Å². The number of fused-ring (bicyclic) bond motifs is 2. The normalized spacial score (nSPS) is 30.2. The highest BCUT2D eigenvalue weighted by Gasteiger charge is 2.41. The predicted molar refractivity (Wildman–Crippen MR) is 80.5 cm³/mol. The molecule has 1 amide bonds. The van der Waals surface area contributed by atoms with Crippen LogP contribution >= 0.6 is 0 Å². The van der Waals surface area contributed by atoms with E-state index >= 15 is 0 Å². The smallest absolute Gasteiger partial charge is 0.264 e. The van der Waals surface area contributed by atoms with Crippen molar-refractivity contribution in [1.29, 1.82) is 0 Å².